The van der Waals surface area contributed by atoms with Crippen molar-refractivity contribution in [2.45, 2.75) is 25.4 Å². The number of nitrogens with zero attached hydrogens (tertiary/aromatic N) is 1. The summed E-state index contributed by atoms with van der Waals surface area (Å²) >= 11 is 0. The minimum Gasteiger partial charge on any atom is -0.494 e. The molecule has 1 amide bonds. The monoisotopic (exact) mass is 616 g/mol. The maximum Gasteiger partial charge on any atom is 0.328 e. The summed E-state index contributed by atoms with van der Waals surface area (Å²) in [5.74, 6) is 0.0128. The van der Waals surface area contributed by atoms with E-state index in [4.69, 9.17) is 13.9 Å². The Morgan fingerprint density at radius 2 is 1.48 bits per heavy atom. The third-order valence-electron chi connectivity index (χ3n) is 7.50. The van der Waals surface area contributed by atoms with Gasteiger partial charge in [-0.15, -0.1) is 0 Å². The standard InChI is InChI=1S/C38H36N2O6/c1-44-38(43)35(39-34-16-9-8-15-33(34)36(41)30-13-6-3-7-14-30)25-28-17-19-32(20-18-28)46-23-10-22-40(26-29-11-4-2-5-12-29)37(42)31-21-24-45-27-31/h2-9,11-21,24,27,35,39H,10,22-23,25-26H2,1H3. The lowest BCUT2D eigenvalue weighted by atomic mass is 10.00. The average Bonchev–Trinajstić information content (AvgIpc) is 3.65. The summed E-state index contributed by atoms with van der Waals surface area (Å²) < 4.78 is 16.2. The largest absolute Gasteiger partial charge is 0.494 e. The van der Waals surface area contributed by atoms with Crippen molar-refractivity contribution >= 4 is 23.3 Å². The molecule has 0 aliphatic rings. The summed E-state index contributed by atoms with van der Waals surface area (Å²) in [6.45, 7) is 1.42. The number of benzene rings is 4. The molecule has 1 N–H and O–H groups in total. The van der Waals surface area contributed by atoms with E-state index in [1.54, 1.807) is 41.3 Å². The highest BCUT2D eigenvalue weighted by molar-refractivity contribution is 6.12. The fraction of sp³-hybridized carbons (Fsp3) is 0.184. The molecule has 46 heavy (non-hydrogen) atoms. The van der Waals surface area contributed by atoms with Gasteiger partial charge in [0.2, 0.25) is 0 Å². The maximum atomic E-state index is 13.2. The third-order valence-corrected chi connectivity index (χ3v) is 7.50. The quantitative estimate of drug-likeness (QED) is 0.0783. The van der Waals surface area contributed by atoms with E-state index in [9.17, 15) is 14.4 Å². The zero-order valence-corrected chi connectivity index (χ0v) is 25.6. The molecule has 0 aliphatic carbocycles. The molecule has 0 spiro atoms. The van der Waals surface area contributed by atoms with Gasteiger partial charge in [0.05, 0.1) is 25.5 Å². The number of carbonyl (C=O) groups excluding carboxylic acids is 3. The summed E-state index contributed by atoms with van der Waals surface area (Å²) in [4.78, 5) is 40.8. The lowest BCUT2D eigenvalue weighted by Gasteiger charge is -2.22. The van der Waals surface area contributed by atoms with Gasteiger partial charge < -0.3 is 24.1 Å². The van der Waals surface area contributed by atoms with E-state index >= 15 is 0 Å². The Hall–Kier alpha value is -5.63. The second-order valence-corrected chi connectivity index (χ2v) is 10.7. The molecular formula is C38H36N2O6. The molecule has 5 aromatic rings. The van der Waals surface area contributed by atoms with Gasteiger partial charge in [0.1, 0.15) is 18.1 Å². The molecule has 0 saturated carbocycles. The lowest BCUT2D eigenvalue weighted by molar-refractivity contribution is -0.141. The van der Waals surface area contributed by atoms with Gasteiger partial charge in [-0.25, -0.2) is 4.79 Å². The van der Waals surface area contributed by atoms with Gasteiger partial charge in [-0.2, -0.15) is 0 Å². The van der Waals surface area contributed by atoms with Crippen LogP contribution in [0.1, 0.15) is 43.8 Å². The number of para-hydroxylation sites is 1. The van der Waals surface area contributed by atoms with Crippen LogP contribution in [-0.2, 0) is 22.5 Å². The number of esters is 1. The van der Waals surface area contributed by atoms with Crippen LogP contribution in [0.2, 0.25) is 0 Å². The van der Waals surface area contributed by atoms with Gasteiger partial charge in [0, 0.05) is 36.3 Å². The minimum absolute atomic E-state index is 0.0946. The fourth-order valence-corrected chi connectivity index (χ4v) is 5.10. The van der Waals surface area contributed by atoms with Crippen LogP contribution >= 0.6 is 0 Å². The normalized spacial score (nSPS) is 11.3. The van der Waals surface area contributed by atoms with E-state index in [0.29, 0.717) is 60.7 Å². The van der Waals surface area contributed by atoms with Gasteiger partial charge in [0.15, 0.2) is 5.78 Å². The van der Waals surface area contributed by atoms with Crippen molar-refractivity contribution in [2.24, 2.45) is 0 Å². The van der Waals surface area contributed by atoms with Crippen LogP contribution < -0.4 is 10.1 Å². The molecule has 0 aliphatic heterocycles. The number of amides is 1. The fourth-order valence-electron chi connectivity index (χ4n) is 5.10. The minimum atomic E-state index is -0.718. The number of anilines is 1. The first-order valence-electron chi connectivity index (χ1n) is 15.1. The molecule has 1 unspecified atom stereocenters. The Morgan fingerprint density at radius 1 is 0.783 bits per heavy atom. The van der Waals surface area contributed by atoms with Crippen LogP contribution in [0.15, 0.2) is 132 Å². The lowest BCUT2D eigenvalue weighted by Crippen LogP contribution is -2.33. The van der Waals surface area contributed by atoms with E-state index in [1.807, 2.05) is 78.9 Å². The second kappa shape index (κ2) is 15.9. The maximum absolute atomic E-state index is 13.2. The van der Waals surface area contributed by atoms with Crippen LogP contribution in [0.4, 0.5) is 5.69 Å². The molecule has 4 aromatic carbocycles. The number of furan rings is 1. The van der Waals surface area contributed by atoms with Crippen molar-refractivity contribution in [1.82, 2.24) is 4.90 Å². The third kappa shape index (κ3) is 8.51. The molecule has 1 atom stereocenters. The zero-order chi connectivity index (χ0) is 32.1. The van der Waals surface area contributed by atoms with Crippen molar-refractivity contribution < 1.29 is 28.3 Å². The van der Waals surface area contributed by atoms with Crippen LogP contribution in [0.25, 0.3) is 0 Å². The van der Waals surface area contributed by atoms with E-state index in [-0.39, 0.29) is 11.7 Å². The molecule has 0 saturated heterocycles. The van der Waals surface area contributed by atoms with Crippen molar-refractivity contribution in [3.63, 3.8) is 0 Å². The Kier molecular flexibility index (Phi) is 11.0. The molecule has 8 nitrogen and oxygen atoms in total. The van der Waals surface area contributed by atoms with E-state index < -0.39 is 12.0 Å². The van der Waals surface area contributed by atoms with Crippen LogP contribution in [-0.4, -0.2) is 48.9 Å². The summed E-state index contributed by atoms with van der Waals surface area (Å²) in [5.41, 5.74) is 4.04. The van der Waals surface area contributed by atoms with Gasteiger partial charge >= 0.3 is 5.97 Å². The molecule has 0 fully saturated rings. The van der Waals surface area contributed by atoms with Crippen molar-refractivity contribution in [2.75, 3.05) is 25.6 Å². The summed E-state index contributed by atoms with van der Waals surface area (Å²) in [7, 11) is 1.35. The second-order valence-electron chi connectivity index (χ2n) is 10.7. The number of nitrogens with one attached hydrogen (secondary N) is 1. The molecule has 0 bridgehead atoms. The number of hydrogen-bond donors (Lipinski definition) is 1. The highest BCUT2D eigenvalue weighted by Crippen LogP contribution is 2.22. The van der Waals surface area contributed by atoms with Gasteiger partial charge in [0.25, 0.3) is 5.91 Å². The van der Waals surface area contributed by atoms with Crippen molar-refractivity contribution in [1.29, 1.82) is 0 Å². The Morgan fingerprint density at radius 3 is 2.17 bits per heavy atom. The summed E-state index contributed by atoms with van der Waals surface area (Å²) in [6, 6.07) is 34.5. The SMILES string of the molecule is COC(=O)C(Cc1ccc(OCCCN(Cc2ccccc2)C(=O)c2ccoc2)cc1)Nc1ccccc1C(=O)c1ccccc1. The summed E-state index contributed by atoms with van der Waals surface area (Å²) in [5, 5.41) is 3.24. The van der Waals surface area contributed by atoms with E-state index in [0.717, 1.165) is 11.1 Å². The molecule has 0 radical (unpaired) electrons. The predicted octanol–water partition coefficient (Wildman–Crippen LogP) is 6.82. The average molecular weight is 617 g/mol. The Balaban J connectivity index is 1.18. The molecule has 8 heteroatoms. The zero-order valence-electron chi connectivity index (χ0n) is 25.6. The highest BCUT2D eigenvalue weighted by atomic mass is 16.5. The number of ether oxygens (including phenoxy) is 2. The number of rotatable bonds is 15. The van der Waals surface area contributed by atoms with Crippen LogP contribution in [0.3, 0.4) is 0 Å². The number of methoxy groups -OCH3 is 1. The van der Waals surface area contributed by atoms with Crippen molar-refractivity contribution in [3.8, 4) is 5.75 Å². The van der Waals surface area contributed by atoms with E-state index in [1.165, 1.54) is 19.6 Å². The Bertz CT molecular complexity index is 1700. The van der Waals surface area contributed by atoms with Gasteiger partial charge in [-0.1, -0.05) is 84.9 Å². The Labute approximate surface area is 268 Å². The number of carbonyl (C=O) groups is 3. The number of ketones is 1. The first-order valence-corrected chi connectivity index (χ1v) is 15.1. The summed E-state index contributed by atoms with van der Waals surface area (Å²) in [6.07, 6.45) is 3.93. The molecule has 1 heterocycles. The number of hydrogen-bond acceptors (Lipinski definition) is 7. The van der Waals surface area contributed by atoms with Crippen LogP contribution in [0.5, 0.6) is 5.75 Å². The van der Waals surface area contributed by atoms with Gasteiger partial charge in [-0.3, -0.25) is 9.59 Å². The first kappa shape index (κ1) is 31.8. The molecule has 5 rings (SSSR count). The van der Waals surface area contributed by atoms with Crippen molar-refractivity contribution in [3.05, 3.63) is 156 Å². The first-order chi connectivity index (χ1) is 22.5. The highest BCUT2D eigenvalue weighted by Gasteiger charge is 2.23. The smallest absolute Gasteiger partial charge is 0.328 e. The predicted molar refractivity (Wildman–Crippen MR) is 176 cm³/mol. The van der Waals surface area contributed by atoms with E-state index in [2.05, 4.69) is 5.32 Å². The topological polar surface area (TPSA) is 98.1 Å². The molecular weight excluding hydrogens is 580 g/mol. The van der Waals surface area contributed by atoms with Crippen LogP contribution in [0, 0.1) is 0 Å². The molecule has 234 valence electrons. The van der Waals surface area contributed by atoms with Gasteiger partial charge in [-0.05, 0) is 47.9 Å². The molecule has 1 aromatic heterocycles.